The zero-order valence-corrected chi connectivity index (χ0v) is 15.9. The molecule has 7 heteroatoms. The summed E-state index contributed by atoms with van der Waals surface area (Å²) in [5.74, 6) is -0.392. The second-order valence-electron chi connectivity index (χ2n) is 5.83. The summed E-state index contributed by atoms with van der Waals surface area (Å²) in [6.07, 6.45) is 0. The van der Waals surface area contributed by atoms with E-state index >= 15 is 0 Å². The van der Waals surface area contributed by atoms with Crippen molar-refractivity contribution in [2.75, 3.05) is 11.9 Å². The van der Waals surface area contributed by atoms with Crippen LogP contribution < -0.4 is 10.1 Å². The molecule has 0 radical (unpaired) electrons. The van der Waals surface area contributed by atoms with Gasteiger partial charge >= 0.3 is 0 Å². The third-order valence-electron chi connectivity index (χ3n) is 3.63. The number of hydrogen-bond donors (Lipinski definition) is 1. The molecule has 1 N–H and O–H groups in total. The first-order chi connectivity index (χ1) is 12.4. The molecule has 0 bridgehead atoms. The van der Waals surface area contributed by atoms with E-state index in [4.69, 9.17) is 4.74 Å². The summed E-state index contributed by atoms with van der Waals surface area (Å²) < 4.78 is 21.3. The van der Waals surface area contributed by atoms with Crippen LogP contribution in [0.4, 0.5) is 10.2 Å². The molecule has 3 aromatic rings. The van der Waals surface area contributed by atoms with Gasteiger partial charge in [-0.3, -0.25) is 4.79 Å². The Morgan fingerprint density at radius 2 is 1.92 bits per heavy atom. The van der Waals surface area contributed by atoms with E-state index in [-0.39, 0.29) is 12.4 Å². The van der Waals surface area contributed by atoms with Crippen molar-refractivity contribution >= 4 is 27.7 Å². The molecule has 0 aliphatic heterocycles. The van der Waals surface area contributed by atoms with Gasteiger partial charge in [0.25, 0.3) is 5.91 Å². The Morgan fingerprint density at radius 3 is 2.62 bits per heavy atom. The van der Waals surface area contributed by atoms with Crippen molar-refractivity contribution < 1.29 is 13.9 Å². The standard InChI is InChI=1S/C19H17BrFN3O2/c1-12-3-6-15(7-4-12)24-18(9-13(2)23-24)22-19(25)11-26-17-8-5-14(20)10-16(17)21/h3-10H,11H2,1-2H3,(H,22,25). The molecule has 5 nitrogen and oxygen atoms in total. The Bertz CT molecular complexity index is 938. The number of carbonyl (C=O) groups is 1. The van der Waals surface area contributed by atoms with E-state index in [1.807, 2.05) is 38.1 Å². The number of aryl methyl sites for hydroxylation is 2. The van der Waals surface area contributed by atoms with Crippen LogP contribution in [0.25, 0.3) is 5.69 Å². The molecule has 0 saturated heterocycles. The fourth-order valence-corrected chi connectivity index (χ4v) is 2.72. The molecule has 0 unspecified atom stereocenters. The van der Waals surface area contributed by atoms with Crippen molar-refractivity contribution in [3.05, 3.63) is 70.1 Å². The Labute approximate surface area is 158 Å². The van der Waals surface area contributed by atoms with Crippen LogP contribution >= 0.6 is 15.9 Å². The maximum Gasteiger partial charge on any atom is 0.263 e. The van der Waals surface area contributed by atoms with Crippen LogP contribution in [0.3, 0.4) is 0 Å². The second kappa shape index (κ2) is 7.70. The highest BCUT2D eigenvalue weighted by molar-refractivity contribution is 9.10. The third kappa shape index (κ3) is 4.29. The van der Waals surface area contributed by atoms with E-state index in [0.29, 0.717) is 10.3 Å². The molecule has 26 heavy (non-hydrogen) atoms. The average molecular weight is 418 g/mol. The minimum Gasteiger partial charge on any atom is -0.481 e. The van der Waals surface area contributed by atoms with Gasteiger partial charge < -0.3 is 10.1 Å². The minimum atomic E-state index is -0.535. The lowest BCUT2D eigenvalue weighted by Gasteiger charge is -2.10. The van der Waals surface area contributed by atoms with Gasteiger partial charge in [0.05, 0.1) is 11.4 Å². The van der Waals surface area contributed by atoms with E-state index in [2.05, 4.69) is 26.3 Å². The summed E-state index contributed by atoms with van der Waals surface area (Å²) in [6, 6.07) is 13.9. The number of hydrogen-bond acceptors (Lipinski definition) is 3. The van der Waals surface area contributed by atoms with Gasteiger partial charge in [-0.2, -0.15) is 5.10 Å². The molecule has 0 fully saturated rings. The SMILES string of the molecule is Cc1ccc(-n2nc(C)cc2NC(=O)COc2ccc(Br)cc2F)cc1. The molecular weight excluding hydrogens is 401 g/mol. The van der Waals surface area contributed by atoms with E-state index in [1.54, 1.807) is 16.8 Å². The zero-order valence-electron chi connectivity index (χ0n) is 14.3. The predicted octanol–water partition coefficient (Wildman–Crippen LogP) is 4.41. The minimum absolute atomic E-state index is 0.0200. The Morgan fingerprint density at radius 1 is 1.19 bits per heavy atom. The first kappa shape index (κ1) is 18.1. The summed E-state index contributed by atoms with van der Waals surface area (Å²) in [5, 5.41) is 7.15. The lowest BCUT2D eigenvalue weighted by molar-refractivity contribution is -0.118. The first-order valence-corrected chi connectivity index (χ1v) is 8.73. The van der Waals surface area contributed by atoms with Gasteiger partial charge in [0, 0.05) is 10.5 Å². The Kier molecular flexibility index (Phi) is 5.37. The van der Waals surface area contributed by atoms with Crippen molar-refractivity contribution in [1.82, 2.24) is 9.78 Å². The molecule has 0 atom stereocenters. The number of nitrogens with zero attached hydrogens (tertiary/aromatic N) is 2. The smallest absolute Gasteiger partial charge is 0.263 e. The highest BCUT2D eigenvalue weighted by Crippen LogP contribution is 2.22. The van der Waals surface area contributed by atoms with E-state index in [1.165, 1.54) is 12.1 Å². The van der Waals surface area contributed by atoms with E-state index in [9.17, 15) is 9.18 Å². The molecule has 2 aromatic carbocycles. The Balaban J connectivity index is 1.70. The van der Waals surface area contributed by atoms with Crippen LogP contribution in [0.2, 0.25) is 0 Å². The largest absolute Gasteiger partial charge is 0.481 e. The monoisotopic (exact) mass is 417 g/mol. The number of nitrogens with one attached hydrogen (secondary N) is 1. The number of amides is 1. The summed E-state index contributed by atoms with van der Waals surface area (Å²) in [5.41, 5.74) is 2.73. The summed E-state index contributed by atoms with van der Waals surface area (Å²) in [6.45, 7) is 3.53. The van der Waals surface area contributed by atoms with Crippen molar-refractivity contribution in [3.63, 3.8) is 0 Å². The van der Waals surface area contributed by atoms with Crippen molar-refractivity contribution in [2.24, 2.45) is 0 Å². The number of ether oxygens (including phenoxy) is 1. The molecule has 1 aromatic heterocycles. The molecule has 0 saturated carbocycles. The van der Waals surface area contributed by atoms with Gasteiger partial charge in [-0.25, -0.2) is 9.07 Å². The predicted molar refractivity (Wildman–Crippen MR) is 101 cm³/mol. The molecule has 134 valence electrons. The second-order valence-corrected chi connectivity index (χ2v) is 6.75. The summed E-state index contributed by atoms with van der Waals surface area (Å²) >= 11 is 3.17. The number of halogens is 2. The van der Waals surface area contributed by atoms with Gasteiger partial charge in [-0.05, 0) is 44.2 Å². The number of aromatic nitrogens is 2. The average Bonchev–Trinajstić information content (AvgIpc) is 2.95. The lowest BCUT2D eigenvalue weighted by Crippen LogP contribution is -2.22. The Hall–Kier alpha value is -2.67. The highest BCUT2D eigenvalue weighted by atomic mass is 79.9. The normalized spacial score (nSPS) is 10.6. The zero-order chi connectivity index (χ0) is 18.7. The lowest BCUT2D eigenvalue weighted by atomic mass is 10.2. The van der Waals surface area contributed by atoms with Crippen LogP contribution in [-0.4, -0.2) is 22.3 Å². The van der Waals surface area contributed by atoms with Crippen LogP contribution in [0.1, 0.15) is 11.3 Å². The van der Waals surface area contributed by atoms with Gasteiger partial charge in [0.15, 0.2) is 18.2 Å². The van der Waals surface area contributed by atoms with Crippen molar-refractivity contribution in [1.29, 1.82) is 0 Å². The number of benzene rings is 2. The molecule has 1 amide bonds. The van der Waals surface area contributed by atoms with Crippen LogP contribution in [-0.2, 0) is 4.79 Å². The third-order valence-corrected chi connectivity index (χ3v) is 4.12. The molecule has 1 heterocycles. The number of rotatable bonds is 5. The fraction of sp³-hybridized carbons (Fsp3) is 0.158. The molecule has 3 rings (SSSR count). The van der Waals surface area contributed by atoms with Crippen LogP contribution in [0, 0.1) is 19.7 Å². The van der Waals surface area contributed by atoms with Crippen molar-refractivity contribution in [3.8, 4) is 11.4 Å². The highest BCUT2D eigenvalue weighted by Gasteiger charge is 2.12. The van der Waals surface area contributed by atoms with E-state index < -0.39 is 11.7 Å². The number of anilines is 1. The topological polar surface area (TPSA) is 56.2 Å². The summed E-state index contributed by atoms with van der Waals surface area (Å²) in [4.78, 5) is 12.2. The van der Waals surface area contributed by atoms with Gasteiger partial charge in [-0.15, -0.1) is 0 Å². The van der Waals surface area contributed by atoms with Crippen LogP contribution in [0.5, 0.6) is 5.75 Å². The maximum atomic E-state index is 13.7. The van der Waals surface area contributed by atoms with Gasteiger partial charge in [0.2, 0.25) is 0 Å². The summed E-state index contributed by atoms with van der Waals surface area (Å²) in [7, 11) is 0. The molecule has 0 spiro atoms. The first-order valence-electron chi connectivity index (χ1n) is 7.94. The van der Waals surface area contributed by atoms with E-state index in [0.717, 1.165) is 16.9 Å². The molecule has 0 aliphatic rings. The van der Waals surface area contributed by atoms with Crippen LogP contribution in [0.15, 0.2) is 53.0 Å². The quantitative estimate of drug-likeness (QED) is 0.668. The van der Waals surface area contributed by atoms with Gasteiger partial charge in [-0.1, -0.05) is 33.6 Å². The maximum absolute atomic E-state index is 13.7. The molecule has 0 aliphatic carbocycles. The fourth-order valence-electron chi connectivity index (χ4n) is 2.39. The number of carbonyl (C=O) groups excluding carboxylic acids is 1. The molecular formula is C19H17BrFN3O2. The van der Waals surface area contributed by atoms with Crippen molar-refractivity contribution in [2.45, 2.75) is 13.8 Å². The van der Waals surface area contributed by atoms with Gasteiger partial charge in [0.1, 0.15) is 5.82 Å².